The maximum atomic E-state index is 11.1. The molecule has 7 nitrogen and oxygen atoms in total. The molecule has 0 radical (unpaired) electrons. The second-order valence-corrected chi connectivity index (χ2v) is 5.21. The van der Waals surface area contributed by atoms with Gasteiger partial charge in [-0.3, -0.25) is 5.10 Å². The molecule has 0 saturated heterocycles. The lowest BCUT2D eigenvalue weighted by atomic mass is 10.1. The van der Waals surface area contributed by atoms with Crippen LogP contribution in [0.2, 0.25) is 0 Å². The molecule has 1 heterocycles. The van der Waals surface area contributed by atoms with Crippen molar-refractivity contribution in [2.45, 2.75) is 11.2 Å². The number of sulfonamides is 1. The van der Waals surface area contributed by atoms with Crippen molar-refractivity contribution in [1.29, 1.82) is 0 Å². The van der Waals surface area contributed by atoms with Crippen LogP contribution in [0, 0.1) is 0 Å². The number of aliphatic hydroxyl groups excluding tert-OH is 1. The number of nitrogens with two attached hydrogens (primary N) is 1. The van der Waals surface area contributed by atoms with Crippen molar-refractivity contribution in [3.05, 3.63) is 36.0 Å². The lowest BCUT2D eigenvalue weighted by Gasteiger charge is -1.99. The molecule has 8 heteroatoms. The minimum absolute atomic E-state index is 0.00389. The fraction of sp³-hybridized carbons (Fsp3) is 0.100. The molecule has 0 fully saturated rings. The number of hydrogen-bond donors (Lipinski definition) is 4. The van der Waals surface area contributed by atoms with Crippen molar-refractivity contribution < 1.29 is 18.6 Å². The number of aromatic nitrogens is 2. The van der Waals surface area contributed by atoms with Crippen LogP contribution in [0.4, 0.5) is 0 Å². The first kappa shape index (κ1) is 12.7. The molecule has 2 rings (SSSR count). The van der Waals surface area contributed by atoms with E-state index in [2.05, 4.69) is 10.2 Å². The fourth-order valence-corrected chi connectivity index (χ4v) is 1.95. The van der Waals surface area contributed by atoms with E-state index in [0.29, 0.717) is 11.3 Å². The highest BCUT2D eigenvalue weighted by atomic mass is 32.2. The van der Waals surface area contributed by atoms with Gasteiger partial charge in [0.25, 0.3) is 0 Å². The Kier molecular flexibility index (Phi) is 3.18. The average molecular weight is 269 g/mol. The number of rotatable bonds is 3. The van der Waals surface area contributed by atoms with E-state index in [4.69, 9.17) is 15.4 Å². The van der Waals surface area contributed by atoms with Crippen molar-refractivity contribution in [1.82, 2.24) is 10.2 Å². The first-order chi connectivity index (χ1) is 8.38. The molecule has 1 aromatic carbocycles. The highest BCUT2D eigenvalue weighted by Crippen LogP contribution is 2.21. The number of primary sulfonamides is 1. The summed E-state index contributed by atoms with van der Waals surface area (Å²) in [6.07, 6.45) is -1.63. The smallest absolute Gasteiger partial charge is 0.238 e. The van der Waals surface area contributed by atoms with Gasteiger partial charge in [-0.05, 0) is 18.2 Å². The normalized spacial score (nSPS) is 12.0. The molecule has 0 aliphatic carbocycles. The molecule has 0 aliphatic heterocycles. The Labute approximate surface area is 103 Å². The molecule has 0 bridgehead atoms. The summed E-state index contributed by atoms with van der Waals surface area (Å²) < 4.78 is 22.1. The fourth-order valence-electron chi connectivity index (χ4n) is 1.43. The SMILES string of the molecule is NS(=O)(=O)c1ccc(-c2cc(C(O)O)[nH]n2)cc1. The van der Waals surface area contributed by atoms with Gasteiger partial charge in [0.2, 0.25) is 10.0 Å². The molecule has 5 N–H and O–H groups in total. The third-order valence-electron chi connectivity index (χ3n) is 2.35. The molecule has 96 valence electrons. The number of aliphatic hydroxyl groups is 2. The highest BCUT2D eigenvalue weighted by Gasteiger charge is 2.11. The zero-order chi connectivity index (χ0) is 13.3. The van der Waals surface area contributed by atoms with Crippen molar-refractivity contribution in [2.75, 3.05) is 0 Å². The third kappa shape index (κ3) is 2.57. The Morgan fingerprint density at radius 2 is 1.83 bits per heavy atom. The number of H-pyrrole nitrogens is 1. The van der Waals surface area contributed by atoms with Crippen LogP contribution < -0.4 is 5.14 Å². The maximum absolute atomic E-state index is 11.1. The number of benzene rings is 1. The summed E-state index contributed by atoms with van der Waals surface area (Å²) in [5.74, 6) is 0. The maximum Gasteiger partial charge on any atom is 0.238 e. The van der Waals surface area contributed by atoms with Crippen molar-refractivity contribution >= 4 is 10.0 Å². The number of hydrogen-bond acceptors (Lipinski definition) is 5. The number of nitrogens with zero attached hydrogens (tertiary/aromatic N) is 1. The Morgan fingerprint density at radius 3 is 2.28 bits per heavy atom. The zero-order valence-electron chi connectivity index (χ0n) is 9.11. The minimum Gasteiger partial charge on any atom is -0.363 e. The van der Waals surface area contributed by atoms with Crippen molar-refractivity contribution in [2.24, 2.45) is 5.14 Å². The van der Waals surface area contributed by atoms with Gasteiger partial charge in [-0.15, -0.1) is 0 Å². The summed E-state index contributed by atoms with van der Waals surface area (Å²) in [7, 11) is -3.72. The Balaban J connectivity index is 2.34. The molecule has 2 aromatic rings. The van der Waals surface area contributed by atoms with Gasteiger partial charge in [0.05, 0.1) is 16.3 Å². The second kappa shape index (κ2) is 4.50. The quantitative estimate of drug-likeness (QED) is 0.569. The molecule has 0 spiro atoms. The van der Waals surface area contributed by atoms with Gasteiger partial charge in [0, 0.05) is 5.56 Å². The van der Waals surface area contributed by atoms with E-state index < -0.39 is 16.3 Å². The van der Waals surface area contributed by atoms with Crippen LogP contribution in [0.25, 0.3) is 11.3 Å². The van der Waals surface area contributed by atoms with Crippen LogP contribution in [-0.2, 0) is 10.0 Å². The van der Waals surface area contributed by atoms with Crippen LogP contribution in [-0.4, -0.2) is 28.8 Å². The lowest BCUT2D eigenvalue weighted by Crippen LogP contribution is -2.11. The van der Waals surface area contributed by atoms with Crippen molar-refractivity contribution in [3.8, 4) is 11.3 Å². The van der Waals surface area contributed by atoms with Gasteiger partial charge in [-0.25, -0.2) is 13.6 Å². The van der Waals surface area contributed by atoms with Gasteiger partial charge >= 0.3 is 0 Å². The first-order valence-electron chi connectivity index (χ1n) is 4.92. The van der Waals surface area contributed by atoms with E-state index in [-0.39, 0.29) is 10.6 Å². The predicted octanol–water partition coefficient (Wildman–Crippen LogP) is -0.293. The average Bonchev–Trinajstić information content (AvgIpc) is 2.77. The van der Waals surface area contributed by atoms with Gasteiger partial charge in [0.15, 0.2) is 6.29 Å². The first-order valence-corrected chi connectivity index (χ1v) is 6.47. The zero-order valence-corrected chi connectivity index (χ0v) is 9.92. The topological polar surface area (TPSA) is 129 Å². The van der Waals surface area contributed by atoms with Crippen LogP contribution in [0.15, 0.2) is 35.2 Å². The third-order valence-corrected chi connectivity index (χ3v) is 3.28. The molecule has 0 amide bonds. The minimum atomic E-state index is -3.72. The lowest BCUT2D eigenvalue weighted by molar-refractivity contribution is -0.0458. The van der Waals surface area contributed by atoms with Crippen LogP contribution in [0.5, 0.6) is 0 Å². The molecule has 0 saturated carbocycles. The Morgan fingerprint density at radius 1 is 1.22 bits per heavy atom. The Hall–Kier alpha value is -1.74. The molecule has 0 atom stereocenters. The van der Waals surface area contributed by atoms with E-state index in [1.165, 1.54) is 30.3 Å². The summed E-state index contributed by atoms with van der Waals surface area (Å²) in [5, 5.41) is 29.1. The monoisotopic (exact) mass is 269 g/mol. The summed E-state index contributed by atoms with van der Waals surface area (Å²) in [6, 6.07) is 7.23. The van der Waals surface area contributed by atoms with E-state index in [1.807, 2.05) is 0 Å². The molecule has 1 aromatic heterocycles. The van der Waals surface area contributed by atoms with E-state index in [1.54, 1.807) is 0 Å². The van der Waals surface area contributed by atoms with E-state index in [9.17, 15) is 8.42 Å². The number of aromatic amines is 1. The molecular weight excluding hydrogens is 258 g/mol. The van der Waals surface area contributed by atoms with E-state index in [0.717, 1.165) is 0 Å². The Bertz CT molecular complexity index is 646. The summed E-state index contributed by atoms with van der Waals surface area (Å²) in [6.45, 7) is 0. The second-order valence-electron chi connectivity index (χ2n) is 3.65. The van der Waals surface area contributed by atoms with Crippen LogP contribution in [0.3, 0.4) is 0 Å². The standard InChI is InChI=1S/C10H11N3O4S/c11-18(16,17)7-3-1-6(2-4-7)8-5-9(10(14)15)13-12-8/h1-5,10,14-15H,(H,12,13)(H2,11,16,17). The molecular formula is C10H11N3O4S. The number of nitrogens with one attached hydrogen (secondary N) is 1. The molecule has 0 aliphatic rings. The highest BCUT2D eigenvalue weighted by molar-refractivity contribution is 7.89. The predicted molar refractivity (Wildman–Crippen MR) is 62.6 cm³/mol. The molecule has 18 heavy (non-hydrogen) atoms. The van der Waals surface area contributed by atoms with Gasteiger partial charge in [-0.1, -0.05) is 12.1 Å². The summed E-state index contributed by atoms with van der Waals surface area (Å²) >= 11 is 0. The van der Waals surface area contributed by atoms with Crippen LogP contribution >= 0.6 is 0 Å². The largest absolute Gasteiger partial charge is 0.363 e. The summed E-state index contributed by atoms with van der Waals surface area (Å²) in [4.78, 5) is 0.00389. The van der Waals surface area contributed by atoms with Crippen molar-refractivity contribution in [3.63, 3.8) is 0 Å². The molecule has 0 unspecified atom stereocenters. The van der Waals surface area contributed by atoms with E-state index >= 15 is 0 Å². The summed E-state index contributed by atoms with van der Waals surface area (Å²) in [5.41, 5.74) is 1.25. The van der Waals surface area contributed by atoms with Gasteiger partial charge in [0.1, 0.15) is 0 Å². The van der Waals surface area contributed by atoms with Gasteiger partial charge < -0.3 is 10.2 Å². The van der Waals surface area contributed by atoms with Gasteiger partial charge in [-0.2, -0.15) is 5.10 Å². The van der Waals surface area contributed by atoms with Crippen LogP contribution in [0.1, 0.15) is 12.0 Å².